The Balaban J connectivity index is 1.35. The van der Waals surface area contributed by atoms with Gasteiger partial charge in [-0.15, -0.1) is 11.3 Å². The van der Waals surface area contributed by atoms with Crippen molar-refractivity contribution in [3.05, 3.63) is 70.9 Å². The SMILES string of the molecule is Cc1csc(SCc2c(C(=O)Nc3ccccc3OCC3CCCCO3)oc3ccccc23)n1. The fourth-order valence-electron chi connectivity index (χ4n) is 3.95. The molecule has 5 rings (SSSR count). The van der Waals surface area contributed by atoms with Gasteiger partial charge in [-0.3, -0.25) is 4.79 Å². The number of aromatic nitrogens is 1. The number of hydrogen-bond donors (Lipinski definition) is 1. The summed E-state index contributed by atoms with van der Waals surface area (Å²) in [5, 5.41) is 5.96. The Hall–Kier alpha value is -2.81. The molecule has 1 unspecified atom stereocenters. The average molecular weight is 495 g/mol. The molecule has 0 spiro atoms. The van der Waals surface area contributed by atoms with Gasteiger partial charge < -0.3 is 19.2 Å². The van der Waals surface area contributed by atoms with Crippen LogP contribution in [0.3, 0.4) is 0 Å². The van der Waals surface area contributed by atoms with Crippen molar-refractivity contribution in [2.75, 3.05) is 18.5 Å². The van der Waals surface area contributed by atoms with Gasteiger partial charge >= 0.3 is 0 Å². The van der Waals surface area contributed by atoms with Crippen molar-refractivity contribution in [3.63, 3.8) is 0 Å². The van der Waals surface area contributed by atoms with Crippen molar-refractivity contribution in [2.24, 2.45) is 0 Å². The lowest BCUT2D eigenvalue weighted by Crippen LogP contribution is -2.26. The number of hydrogen-bond acceptors (Lipinski definition) is 7. The number of nitrogens with one attached hydrogen (secondary N) is 1. The molecule has 176 valence electrons. The summed E-state index contributed by atoms with van der Waals surface area (Å²) < 4.78 is 18.8. The minimum Gasteiger partial charge on any atom is -0.489 e. The molecule has 2 aromatic heterocycles. The number of benzene rings is 2. The molecule has 6 nitrogen and oxygen atoms in total. The van der Waals surface area contributed by atoms with E-state index in [2.05, 4.69) is 10.3 Å². The lowest BCUT2D eigenvalue weighted by Gasteiger charge is -2.23. The molecule has 0 saturated carbocycles. The monoisotopic (exact) mass is 494 g/mol. The Kier molecular flexibility index (Phi) is 7.18. The summed E-state index contributed by atoms with van der Waals surface area (Å²) in [5.41, 5.74) is 3.16. The van der Waals surface area contributed by atoms with Gasteiger partial charge in [0.15, 0.2) is 5.76 Å². The summed E-state index contributed by atoms with van der Waals surface area (Å²) in [4.78, 5) is 17.9. The maximum atomic E-state index is 13.4. The zero-order valence-electron chi connectivity index (χ0n) is 18.9. The van der Waals surface area contributed by atoms with E-state index < -0.39 is 0 Å². The third-order valence-corrected chi connectivity index (χ3v) is 7.84. The van der Waals surface area contributed by atoms with Crippen LogP contribution in [0.15, 0.2) is 62.7 Å². The molecule has 1 saturated heterocycles. The molecule has 1 amide bonds. The van der Waals surface area contributed by atoms with E-state index in [0.29, 0.717) is 35.1 Å². The highest BCUT2D eigenvalue weighted by molar-refractivity contribution is 8.00. The van der Waals surface area contributed by atoms with E-state index >= 15 is 0 Å². The lowest BCUT2D eigenvalue weighted by atomic mass is 10.1. The van der Waals surface area contributed by atoms with Crippen molar-refractivity contribution < 1.29 is 18.7 Å². The van der Waals surface area contributed by atoms with Gasteiger partial charge in [0.05, 0.1) is 11.8 Å². The Labute approximate surface area is 206 Å². The van der Waals surface area contributed by atoms with E-state index in [1.54, 1.807) is 23.1 Å². The number of furan rings is 1. The van der Waals surface area contributed by atoms with E-state index in [4.69, 9.17) is 13.9 Å². The third kappa shape index (κ3) is 5.29. The molecule has 0 aliphatic carbocycles. The van der Waals surface area contributed by atoms with Gasteiger partial charge in [-0.05, 0) is 44.4 Å². The fraction of sp³-hybridized carbons (Fsp3) is 0.308. The van der Waals surface area contributed by atoms with Crippen LogP contribution in [0.4, 0.5) is 5.69 Å². The van der Waals surface area contributed by atoms with Crippen LogP contribution < -0.4 is 10.1 Å². The van der Waals surface area contributed by atoms with Crippen LogP contribution in [0.2, 0.25) is 0 Å². The first-order valence-electron chi connectivity index (χ1n) is 11.4. The minimum atomic E-state index is -0.299. The molecule has 2 aromatic carbocycles. The summed E-state index contributed by atoms with van der Waals surface area (Å²) in [6.07, 6.45) is 3.34. The van der Waals surface area contributed by atoms with Crippen molar-refractivity contribution >= 4 is 45.7 Å². The predicted octanol–water partition coefficient (Wildman–Crippen LogP) is 6.69. The average Bonchev–Trinajstić information content (AvgIpc) is 3.46. The molecule has 1 atom stereocenters. The first-order chi connectivity index (χ1) is 16.7. The van der Waals surface area contributed by atoms with Gasteiger partial charge in [0.25, 0.3) is 5.91 Å². The first-order valence-corrected chi connectivity index (χ1v) is 13.2. The van der Waals surface area contributed by atoms with Crippen LogP contribution in [0.25, 0.3) is 11.0 Å². The number of carbonyl (C=O) groups excluding carboxylic acids is 1. The quantitative estimate of drug-likeness (QED) is 0.275. The Bertz CT molecular complexity index is 1280. The number of aryl methyl sites for hydroxylation is 1. The molecule has 1 fully saturated rings. The number of thioether (sulfide) groups is 1. The highest BCUT2D eigenvalue weighted by atomic mass is 32.2. The highest BCUT2D eigenvalue weighted by Crippen LogP contribution is 2.34. The van der Waals surface area contributed by atoms with Crippen molar-refractivity contribution in [3.8, 4) is 5.75 Å². The molecular weight excluding hydrogens is 468 g/mol. The number of fused-ring (bicyclic) bond motifs is 1. The number of rotatable bonds is 8. The van der Waals surface area contributed by atoms with Crippen LogP contribution in [-0.4, -0.2) is 30.2 Å². The summed E-state index contributed by atoms with van der Waals surface area (Å²) in [6.45, 7) is 3.22. The van der Waals surface area contributed by atoms with Crippen molar-refractivity contribution in [2.45, 2.75) is 42.4 Å². The molecule has 0 radical (unpaired) electrons. The molecule has 3 heterocycles. The Morgan fingerprint density at radius 1 is 1.21 bits per heavy atom. The first kappa shape index (κ1) is 23.0. The van der Waals surface area contributed by atoms with Gasteiger partial charge in [0, 0.05) is 34.4 Å². The van der Waals surface area contributed by atoms with Gasteiger partial charge in [-0.2, -0.15) is 0 Å². The molecule has 1 aliphatic heterocycles. The van der Waals surface area contributed by atoms with E-state index in [1.807, 2.05) is 60.8 Å². The minimum absolute atomic E-state index is 0.0889. The molecule has 4 aromatic rings. The van der Waals surface area contributed by atoms with Crippen LogP contribution in [0.5, 0.6) is 5.75 Å². The molecule has 0 bridgehead atoms. The largest absolute Gasteiger partial charge is 0.489 e. The number of para-hydroxylation sites is 3. The van der Waals surface area contributed by atoms with Gasteiger partial charge in [0.1, 0.15) is 22.3 Å². The zero-order chi connectivity index (χ0) is 23.3. The van der Waals surface area contributed by atoms with Crippen molar-refractivity contribution in [1.29, 1.82) is 0 Å². The molecule has 1 aliphatic rings. The van der Waals surface area contributed by atoms with E-state index in [9.17, 15) is 4.79 Å². The topological polar surface area (TPSA) is 73.6 Å². The number of amides is 1. The molecule has 8 heteroatoms. The second kappa shape index (κ2) is 10.6. The molecule has 34 heavy (non-hydrogen) atoms. The molecular formula is C26H26N2O4S2. The van der Waals surface area contributed by atoms with Crippen LogP contribution in [0, 0.1) is 6.92 Å². The van der Waals surface area contributed by atoms with Crippen molar-refractivity contribution in [1.82, 2.24) is 4.98 Å². The molecule has 1 N–H and O–H groups in total. The summed E-state index contributed by atoms with van der Waals surface area (Å²) in [5.74, 6) is 1.22. The lowest BCUT2D eigenvalue weighted by molar-refractivity contribution is -0.0109. The van der Waals surface area contributed by atoms with Crippen LogP contribution in [0.1, 0.15) is 41.1 Å². The zero-order valence-corrected chi connectivity index (χ0v) is 20.5. The van der Waals surface area contributed by atoms with Gasteiger partial charge in [0.2, 0.25) is 0 Å². The maximum Gasteiger partial charge on any atom is 0.291 e. The second-order valence-corrected chi connectivity index (χ2v) is 10.3. The van der Waals surface area contributed by atoms with Crippen LogP contribution >= 0.6 is 23.1 Å². The summed E-state index contributed by atoms with van der Waals surface area (Å²) in [6, 6.07) is 15.2. The highest BCUT2D eigenvalue weighted by Gasteiger charge is 2.22. The number of carbonyl (C=O) groups is 1. The number of nitrogens with zero attached hydrogens (tertiary/aromatic N) is 1. The standard InChI is InChI=1S/C26H26N2O4S2/c1-17-15-33-26(27-17)34-16-20-19-9-2-4-11-22(19)32-24(20)25(29)28-21-10-3-5-12-23(21)31-14-18-8-6-7-13-30-18/h2-5,9-12,15,18H,6-8,13-14,16H2,1H3,(H,28,29). The number of thiazole rings is 1. The maximum absolute atomic E-state index is 13.4. The summed E-state index contributed by atoms with van der Waals surface area (Å²) in [7, 11) is 0. The Morgan fingerprint density at radius 2 is 2.06 bits per heavy atom. The normalized spacial score (nSPS) is 16.0. The number of anilines is 1. The Morgan fingerprint density at radius 3 is 2.88 bits per heavy atom. The predicted molar refractivity (Wildman–Crippen MR) is 136 cm³/mol. The van der Waals surface area contributed by atoms with E-state index in [1.165, 1.54) is 0 Å². The van der Waals surface area contributed by atoms with E-state index in [0.717, 1.165) is 46.9 Å². The third-order valence-electron chi connectivity index (χ3n) is 5.68. The van der Waals surface area contributed by atoms with Gasteiger partial charge in [-0.25, -0.2) is 4.98 Å². The smallest absolute Gasteiger partial charge is 0.291 e. The number of ether oxygens (including phenoxy) is 2. The van der Waals surface area contributed by atoms with Gasteiger partial charge in [-0.1, -0.05) is 42.1 Å². The second-order valence-electron chi connectivity index (χ2n) is 8.20. The summed E-state index contributed by atoms with van der Waals surface area (Å²) >= 11 is 3.21. The van der Waals surface area contributed by atoms with Crippen LogP contribution in [-0.2, 0) is 10.5 Å². The fourth-order valence-corrected chi connectivity index (χ4v) is 5.83. The van der Waals surface area contributed by atoms with E-state index in [-0.39, 0.29) is 12.0 Å².